The number of nitrogens with one attached hydrogen (secondary N) is 2. The Morgan fingerprint density at radius 2 is 2.00 bits per heavy atom. The topological polar surface area (TPSA) is 92.7 Å². The van der Waals surface area contributed by atoms with Crippen LogP contribution in [0.25, 0.3) is 0 Å². The first-order valence-electron chi connectivity index (χ1n) is 6.38. The van der Waals surface area contributed by atoms with Crippen molar-refractivity contribution < 1.29 is 9.34 Å². The fraction of sp³-hybridized carbons (Fsp3) is 0.143. The van der Waals surface area contributed by atoms with Crippen LogP contribution < -0.4 is 10.7 Å². The second kappa shape index (κ2) is 6.81. The molecule has 22 heavy (non-hydrogen) atoms. The van der Waals surface area contributed by atoms with Gasteiger partial charge in [-0.05, 0) is 43.3 Å². The van der Waals surface area contributed by atoms with Crippen molar-refractivity contribution in [1.29, 1.82) is 0 Å². The molecule has 0 saturated carbocycles. The molecular weight excluding hydrogens is 304 g/mol. The zero-order valence-corrected chi connectivity index (χ0v) is 12.8. The molecule has 114 valence electrons. The van der Waals surface area contributed by atoms with Crippen LogP contribution in [0, 0.1) is 24.0 Å². The van der Waals surface area contributed by atoms with Crippen LogP contribution >= 0.6 is 12.2 Å². The number of rotatable bonds is 4. The molecule has 1 heterocycles. The van der Waals surface area contributed by atoms with Crippen molar-refractivity contribution in [2.75, 3.05) is 5.32 Å². The van der Waals surface area contributed by atoms with Gasteiger partial charge >= 0.3 is 5.88 Å². The van der Waals surface area contributed by atoms with Crippen molar-refractivity contribution in [2.45, 2.75) is 13.8 Å². The van der Waals surface area contributed by atoms with E-state index in [0.717, 1.165) is 16.8 Å². The summed E-state index contributed by atoms with van der Waals surface area (Å²) in [6.45, 7) is 3.95. The molecule has 0 aliphatic carbocycles. The summed E-state index contributed by atoms with van der Waals surface area (Å²) in [5.74, 6) is -0.0771. The molecule has 0 unspecified atom stereocenters. The Hall–Kier alpha value is -2.74. The first kappa shape index (κ1) is 15.6. The number of hydrogen-bond acceptors (Lipinski definition) is 5. The van der Waals surface area contributed by atoms with Gasteiger partial charge in [0.1, 0.15) is 4.92 Å². The van der Waals surface area contributed by atoms with Gasteiger partial charge < -0.3 is 9.73 Å². The highest BCUT2D eigenvalue weighted by molar-refractivity contribution is 7.80. The summed E-state index contributed by atoms with van der Waals surface area (Å²) < 4.78 is 4.93. The lowest BCUT2D eigenvalue weighted by atomic mass is 10.1. The second-order valence-electron chi connectivity index (χ2n) is 4.52. The van der Waals surface area contributed by atoms with Gasteiger partial charge in [0.25, 0.3) is 0 Å². The molecule has 1 aromatic carbocycles. The normalized spacial score (nSPS) is 10.6. The minimum absolute atomic E-state index is 0.258. The number of anilines is 1. The van der Waals surface area contributed by atoms with Crippen molar-refractivity contribution in [3.05, 3.63) is 57.3 Å². The molecule has 7 nitrogen and oxygen atoms in total. The van der Waals surface area contributed by atoms with Crippen LogP contribution in [0.15, 0.2) is 39.9 Å². The van der Waals surface area contributed by atoms with Crippen LogP contribution in [-0.2, 0) is 0 Å². The average molecular weight is 318 g/mol. The summed E-state index contributed by atoms with van der Waals surface area (Å²) in [5, 5.41) is 17.7. The van der Waals surface area contributed by atoms with Gasteiger partial charge in [-0.25, -0.2) is 0 Å². The second-order valence-corrected chi connectivity index (χ2v) is 4.93. The van der Waals surface area contributed by atoms with Crippen molar-refractivity contribution in [2.24, 2.45) is 5.10 Å². The maximum absolute atomic E-state index is 10.5. The van der Waals surface area contributed by atoms with Crippen LogP contribution in [0.4, 0.5) is 11.6 Å². The fourth-order valence-corrected chi connectivity index (χ4v) is 1.97. The number of thiocarbonyl (C=S) groups is 1. The molecule has 0 amide bonds. The highest BCUT2D eigenvalue weighted by Gasteiger charge is 2.10. The fourth-order valence-electron chi connectivity index (χ4n) is 1.82. The monoisotopic (exact) mass is 318 g/mol. The van der Waals surface area contributed by atoms with Gasteiger partial charge in [-0.2, -0.15) is 5.10 Å². The highest BCUT2D eigenvalue weighted by Crippen LogP contribution is 2.19. The lowest BCUT2D eigenvalue weighted by molar-refractivity contribution is -0.402. The zero-order valence-electron chi connectivity index (χ0n) is 12.0. The summed E-state index contributed by atoms with van der Waals surface area (Å²) in [6.07, 6.45) is 1.31. The standard InChI is InChI=1S/C14H14N4O3S/c1-9-4-3-5-10(2)13(9)16-14(22)17-15-8-11-6-7-12(21-11)18(19)20/h3-8H,1-2H3,(H2,16,17,22). The van der Waals surface area contributed by atoms with E-state index < -0.39 is 4.92 Å². The third-order valence-electron chi connectivity index (χ3n) is 2.87. The van der Waals surface area contributed by atoms with Crippen LogP contribution in [0.5, 0.6) is 0 Å². The Morgan fingerprint density at radius 1 is 1.32 bits per heavy atom. The first-order valence-corrected chi connectivity index (χ1v) is 6.78. The Kier molecular flexibility index (Phi) is 4.84. The van der Waals surface area contributed by atoms with Gasteiger partial charge in [-0.1, -0.05) is 18.2 Å². The molecule has 0 saturated heterocycles. The van der Waals surface area contributed by atoms with Crippen molar-refractivity contribution >= 4 is 35.1 Å². The molecule has 0 radical (unpaired) electrons. The molecule has 0 spiro atoms. The molecule has 2 N–H and O–H groups in total. The predicted octanol–water partition coefficient (Wildman–Crippen LogP) is 3.13. The SMILES string of the molecule is Cc1cccc(C)c1NC(=S)NN=Cc1ccc([N+](=O)[O-])o1. The molecule has 8 heteroatoms. The van der Waals surface area contributed by atoms with Gasteiger partial charge in [0.2, 0.25) is 0 Å². The third kappa shape index (κ3) is 3.89. The van der Waals surface area contributed by atoms with E-state index >= 15 is 0 Å². The van der Waals surface area contributed by atoms with E-state index in [2.05, 4.69) is 15.8 Å². The molecule has 2 aromatic rings. The number of nitro groups is 1. The van der Waals surface area contributed by atoms with E-state index in [9.17, 15) is 10.1 Å². The van der Waals surface area contributed by atoms with E-state index in [0.29, 0.717) is 5.11 Å². The van der Waals surface area contributed by atoms with E-state index in [1.807, 2.05) is 32.0 Å². The predicted molar refractivity (Wildman–Crippen MR) is 88.2 cm³/mol. The van der Waals surface area contributed by atoms with Crippen LogP contribution in [0.3, 0.4) is 0 Å². The number of nitrogens with zero attached hydrogens (tertiary/aromatic N) is 2. The Balaban J connectivity index is 1.95. The highest BCUT2D eigenvalue weighted by atomic mass is 32.1. The van der Waals surface area contributed by atoms with E-state index in [4.69, 9.17) is 16.6 Å². The van der Waals surface area contributed by atoms with Crippen LogP contribution in [-0.4, -0.2) is 16.3 Å². The summed E-state index contributed by atoms with van der Waals surface area (Å²) in [6, 6.07) is 8.63. The van der Waals surface area contributed by atoms with E-state index in [-0.39, 0.29) is 11.6 Å². The van der Waals surface area contributed by atoms with Crippen molar-refractivity contribution in [3.63, 3.8) is 0 Å². The van der Waals surface area contributed by atoms with Crippen molar-refractivity contribution in [3.8, 4) is 0 Å². The average Bonchev–Trinajstić information content (AvgIpc) is 2.92. The minimum Gasteiger partial charge on any atom is -0.400 e. The van der Waals surface area contributed by atoms with E-state index in [1.165, 1.54) is 18.3 Å². The summed E-state index contributed by atoms with van der Waals surface area (Å²) in [7, 11) is 0. The van der Waals surface area contributed by atoms with Crippen LogP contribution in [0.1, 0.15) is 16.9 Å². The smallest absolute Gasteiger partial charge is 0.400 e. The molecular formula is C14H14N4O3S. The molecule has 0 aliphatic rings. The molecule has 0 aliphatic heterocycles. The molecule has 1 aromatic heterocycles. The summed E-state index contributed by atoms with van der Waals surface area (Å²) >= 11 is 5.14. The van der Waals surface area contributed by atoms with Crippen molar-refractivity contribution in [1.82, 2.24) is 5.43 Å². The molecule has 0 fully saturated rings. The quantitative estimate of drug-likeness (QED) is 0.389. The number of hydrazone groups is 1. The molecule has 2 rings (SSSR count). The molecule has 0 bridgehead atoms. The van der Waals surface area contributed by atoms with Gasteiger partial charge in [0.15, 0.2) is 10.9 Å². The van der Waals surface area contributed by atoms with Gasteiger partial charge in [0.05, 0.1) is 12.3 Å². The Morgan fingerprint density at radius 3 is 2.59 bits per heavy atom. The Labute approximate surface area is 132 Å². The molecule has 0 atom stereocenters. The Bertz CT molecular complexity index is 719. The van der Waals surface area contributed by atoms with Crippen LogP contribution in [0.2, 0.25) is 0 Å². The summed E-state index contributed by atoms with van der Waals surface area (Å²) in [5.41, 5.74) is 5.68. The lowest BCUT2D eigenvalue weighted by Gasteiger charge is -2.12. The maximum Gasteiger partial charge on any atom is 0.433 e. The number of para-hydroxylation sites is 1. The summed E-state index contributed by atoms with van der Waals surface area (Å²) in [4.78, 5) is 9.87. The lowest BCUT2D eigenvalue weighted by Crippen LogP contribution is -2.24. The largest absolute Gasteiger partial charge is 0.433 e. The minimum atomic E-state index is -0.613. The first-order chi connectivity index (χ1) is 10.5. The number of aryl methyl sites for hydroxylation is 2. The van der Waals surface area contributed by atoms with Gasteiger partial charge in [-0.3, -0.25) is 15.5 Å². The van der Waals surface area contributed by atoms with Gasteiger partial charge in [-0.15, -0.1) is 0 Å². The maximum atomic E-state index is 10.5. The van der Waals surface area contributed by atoms with Gasteiger partial charge in [0, 0.05) is 5.69 Å². The number of hydrogen-bond donors (Lipinski definition) is 2. The number of furan rings is 1. The zero-order chi connectivity index (χ0) is 16.1. The van der Waals surface area contributed by atoms with E-state index in [1.54, 1.807) is 0 Å². The number of benzene rings is 1. The third-order valence-corrected chi connectivity index (χ3v) is 3.06.